The first-order valence-corrected chi connectivity index (χ1v) is 5.82. The monoisotopic (exact) mass is 198 g/mol. The molecule has 3 nitrogen and oxygen atoms in total. The number of likely N-dealkylation sites (tertiary alicyclic amines) is 1. The second-order valence-corrected chi connectivity index (χ2v) is 4.72. The summed E-state index contributed by atoms with van der Waals surface area (Å²) in [5.74, 6) is 0. The van der Waals surface area contributed by atoms with Crippen LogP contribution in [0.1, 0.15) is 26.2 Å². The van der Waals surface area contributed by atoms with Gasteiger partial charge in [0.2, 0.25) is 0 Å². The van der Waals surface area contributed by atoms with Gasteiger partial charge in [0.05, 0.1) is 6.10 Å². The summed E-state index contributed by atoms with van der Waals surface area (Å²) in [7, 11) is 2.21. The Balaban J connectivity index is 1.74. The number of hydrogen-bond donors (Lipinski definition) is 1. The molecule has 14 heavy (non-hydrogen) atoms. The Morgan fingerprint density at radius 1 is 1.21 bits per heavy atom. The summed E-state index contributed by atoms with van der Waals surface area (Å²) in [5.41, 5.74) is 0. The molecule has 2 rings (SSSR count). The van der Waals surface area contributed by atoms with Gasteiger partial charge in [0.25, 0.3) is 0 Å². The van der Waals surface area contributed by atoms with E-state index >= 15 is 0 Å². The number of hydrogen-bond acceptors (Lipinski definition) is 3. The molecule has 0 spiro atoms. The molecule has 2 saturated heterocycles. The lowest BCUT2D eigenvalue weighted by Crippen LogP contribution is -2.47. The molecular formula is C11H22N2O. The van der Waals surface area contributed by atoms with E-state index < -0.39 is 0 Å². The van der Waals surface area contributed by atoms with Crippen molar-refractivity contribution < 1.29 is 4.74 Å². The quantitative estimate of drug-likeness (QED) is 0.712. The van der Waals surface area contributed by atoms with Gasteiger partial charge >= 0.3 is 0 Å². The van der Waals surface area contributed by atoms with E-state index in [2.05, 4.69) is 24.2 Å². The molecule has 2 fully saturated rings. The molecule has 2 aliphatic rings. The Hall–Kier alpha value is -0.120. The lowest BCUT2D eigenvalue weighted by Gasteiger charge is -2.32. The van der Waals surface area contributed by atoms with Gasteiger partial charge in [-0.05, 0) is 46.3 Å². The summed E-state index contributed by atoms with van der Waals surface area (Å²) in [4.78, 5) is 2.41. The third kappa shape index (κ3) is 2.47. The van der Waals surface area contributed by atoms with Crippen molar-refractivity contribution in [3.63, 3.8) is 0 Å². The predicted molar refractivity (Wildman–Crippen MR) is 57.5 cm³/mol. The summed E-state index contributed by atoms with van der Waals surface area (Å²) >= 11 is 0. The molecular weight excluding hydrogens is 176 g/mol. The third-order valence-electron chi connectivity index (χ3n) is 3.54. The predicted octanol–water partition coefficient (Wildman–Crippen LogP) is 0.848. The smallest absolute Gasteiger partial charge is 0.0700 e. The van der Waals surface area contributed by atoms with Crippen LogP contribution >= 0.6 is 0 Å². The van der Waals surface area contributed by atoms with E-state index in [4.69, 9.17) is 4.74 Å². The summed E-state index contributed by atoms with van der Waals surface area (Å²) in [6.45, 7) is 5.59. The van der Waals surface area contributed by atoms with Crippen molar-refractivity contribution in [1.82, 2.24) is 10.2 Å². The molecule has 0 saturated carbocycles. The van der Waals surface area contributed by atoms with Gasteiger partial charge in [0.15, 0.2) is 0 Å². The largest absolute Gasteiger partial charge is 0.377 e. The SMILES string of the molecule is C[C@@H]1OCC[C@H]1NC1CCN(C)CC1. The molecule has 2 aliphatic heterocycles. The fourth-order valence-corrected chi connectivity index (χ4v) is 2.43. The minimum atomic E-state index is 0.412. The Labute approximate surface area is 86.8 Å². The molecule has 3 heteroatoms. The van der Waals surface area contributed by atoms with Gasteiger partial charge in [-0.25, -0.2) is 0 Å². The van der Waals surface area contributed by atoms with Crippen molar-refractivity contribution >= 4 is 0 Å². The van der Waals surface area contributed by atoms with E-state index in [-0.39, 0.29) is 0 Å². The molecule has 0 aromatic rings. The Bertz CT molecular complexity index is 178. The van der Waals surface area contributed by atoms with Gasteiger partial charge in [-0.3, -0.25) is 0 Å². The van der Waals surface area contributed by atoms with Crippen LogP contribution in [0.15, 0.2) is 0 Å². The van der Waals surface area contributed by atoms with Crippen LogP contribution < -0.4 is 5.32 Å². The van der Waals surface area contributed by atoms with Crippen molar-refractivity contribution in [1.29, 1.82) is 0 Å². The highest BCUT2D eigenvalue weighted by Crippen LogP contribution is 2.16. The molecule has 0 unspecified atom stereocenters. The molecule has 1 N–H and O–H groups in total. The number of ether oxygens (including phenoxy) is 1. The minimum absolute atomic E-state index is 0.412. The highest BCUT2D eigenvalue weighted by atomic mass is 16.5. The maximum Gasteiger partial charge on any atom is 0.0700 e. The van der Waals surface area contributed by atoms with Crippen molar-refractivity contribution in [3.05, 3.63) is 0 Å². The summed E-state index contributed by atoms with van der Waals surface area (Å²) in [5, 5.41) is 3.74. The average Bonchev–Trinajstić information content (AvgIpc) is 2.56. The van der Waals surface area contributed by atoms with Crippen LogP contribution in [-0.4, -0.2) is 49.8 Å². The van der Waals surface area contributed by atoms with E-state index in [9.17, 15) is 0 Å². The van der Waals surface area contributed by atoms with Gasteiger partial charge < -0.3 is 15.0 Å². The fourth-order valence-electron chi connectivity index (χ4n) is 2.43. The number of nitrogens with zero attached hydrogens (tertiary/aromatic N) is 1. The Morgan fingerprint density at radius 2 is 1.93 bits per heavy atom. The molecule has 0 aromatic carbocycles. The first kappa shape index (κ1) is 10.4. The van der Waals surface area contributed by atoms with Gasteiger partial charge in [-0.15, -0.1) is 0 Å². The standard InChI is InChI=1S/C11H22N2O/c1-9-11(5-8-14-9)12-10-3-6-13(2)7-4-10/h9-12H,3-8H2,1-2H3/t9-,11+/m0/s1. The van der Waals surface area contributed by atoms with Crippen molar-refractivity contribution in [2.45, 2.75) is 44.4 Å². The number of piperidine rings is 1. The fraction of sp³-hybridized carbons (Fsp3) is 1.00. The maximum atomic E-state index is 5.56. The zero-order valence-corrected chi connectivity index (χ0v) is 9.33. The van der Waals surface area contributed by atoms with Gasteiger partial charge in [-0.2, -0.15) is 0 Å². The highest BCUT2D eigenvalue weighted by Gasteiger charge is 2.27. The second kappa shape index (κ2) is 4.60. The van der Waals surface area contributed by atoms with Crippen LogP contribution in [0.4, 0.5) is 0 Å². The van der Waals surface area contributed by atoms with E-state index in [1.54, 1.807) is 0 Å². The lowest BCUT2D eigenvalue weighted by molar-refractivity contribution is 0.107. The van der Waals surface area contributed by atoms with Crippen LogP contribution in [0.25, 0.3) is 0 Å². The van der Waals surface area contributed by atoms with Crippen molar-refractivity contribution in [2.24, 2.45) is 0 Å². The zero-order valence-electron chi connectivity index (χ0n) is 9.33. The minimum Gasteiger partial charge on any atom is -0.377 e. The molecule has 0 amide bonds. The van der Waals surface area contributed by atoms with Gasteiger partial charge in [0.1, 0.15) is 0 Å². The van der Waals surface area contributed by atoms with E-state index in [0.29, 0.717) is 12.1 Å². The van der Waals surface area contributed by atoms with Crippen LogP contribution in [0.3, 0.4) is 0 Å². The Morgan fingerprint density at radius 3 is 2.50 bits per heavy atom. The molecule has 0 aromatic heterocycles. The molecule has 82 valence electrons. The van der Waals surface area contributed by atoms with Crippen LogP contribution in [0.2, 0.25) is 0 Å². The normalized spacial score (nSPS) is 36.4. The van der Waals surface area contributed by atoms with E-state index in [1.807, 2.05) is 0 Å². The molecule has 0 radical (unpaired) electrons. The zero-order chi connectivity index (χ0) is 9.97. The maximum absolute atomic E-state index is 5.56. The number of rotatable bonds is 2. The van der Waals surface area contributed by atoms with E-state index in [0.717, 1.165) is 12.6 Å². The van der Waals surface area contributed by atoms with E-state index in [1.165, 1.54) is 32.4 Å². The Kier molecular flexibility index (Phi) is 3.42. The van der Waals surface area contributed by atoms with Gasteiger partial charge in [-0.1, -0.05) is 0 Å². The molecule has 2 atom stereocenters. The van der Waals surface area contributed by atoms with Crippen molar-refractivity contribution in [2.75, 3.05) is 26.7 Å². The van der Waals surface area contributed by atoms with Crippen LogP contribution in [0.5, 0.6) is 0 Å². The highest BCUT2D eigenvalue weighted by molar-refractivity contribution is 4.85. The third-order valence-corrected chi connectivity index (χ3v) is 3.54. The number of nitrogens with one attached hydrogen (secondary N) is 1. The first-order valence-electron chi connectivity index (χ1n) is 5.82. The summed E-state index contributed by atoms with van der Waals surface area (Å²) < 4.78 is 5.56. The topological polar surface area (TPSA) is 24.5 Å². The van der Waals surface area contributed by atoms with Crippen LogP contribution in [-0.2, 0) is 4.74 Å². The lowest BCUT2D eigenvalue weighted by atomic mass is 10.0. The second-order valence-electron chi connectivity index (χ2n) is 4.72. The molecule has 0 bridgehead atoms. The molecule has 2 heterocycles. The van der Waals surface area contributed by atoms with Crippen LogP contribution in [0, 0.1) is 0 Å². The van der Waals surface area contributed by atoms with Crippen molar-refractivity contribution in [3.8, 4) is 0 Å². The van der Waals surface area contributed by atoms with Gasteiger partial charge in [0, 0.05) is 18.7 Å². The summed E-state index contributed by atoms with van der Waals surface area (Å²) in [6, 6.07) is 1.32. The first-order chi connectivity index (χ1) is 6.75. The molecule has 0 aliphatic carbocycles. The summed E-state index contributed by atoms with van der Waals surface area (Å²) in [6.07, 6.45) is 4.18. The average molecular weight is 198 g/mol.